The number of carbonyl (C=O) groups is 2. The molecule has 1 fully saturated rings. The van der Waals surface area contributed by atoms with Crippen molar-refractivity contribution in [3.63, 3.8) is 0 Å². The lowest BCUT2D eigenvalue weighted by Crippen LogP contribution is -2.36. The maximum Gasteiger partial charge on any atom is 0.270 e. The fourth-order valence-corrected chi connectivity index (χ4v) is 2.56. The Hall–Kier alpha value is -2.18. The predicted molar refractivity (Wildman–Crippen MR) is 86.4 cm³/mol. The minimum Gasteiger partial charge on any atom is -0.354 e. The molecule has 23 heavy (non-hydrogen) atoms. The van der Waals surface area contributed by atoms with E-state index in [-0.39, 0.29) is 30.0 Å². The zero-order valence-electron chi connectivity index (χ0n) is 11.8. The monoisotopic (exact) mass is 350 g/mol. The van der Waals surface area contributed by atoms with E-state index < -0.39 is 0 Å². The molecule has 118 valence electrons. The Bertz CT molecular complexity index is 782. The summed E-state index contributed by atoms with van der Waals surface area (Å²) in [5.41, 5.74) is 1.51. The Morgan fingerprint density at radius 2 is 2.04 bits per heavy atom. The minimum absolute atomic E-state index is 0.0746. The van der Waals surface area contributed by atoms with Crippen LogP contribution in [0.5, 0.6) is 0 Å². The van der Waals surface area contributed by atoms with Gasteiger partial charge in [0.25, 0.3) is 5.91 Å². The molecule has 6 nitrogen and oxygen atoms in total. The van der Waals surface area contributed by atoms with Crippen molar-refractivity contribution in [2.45, 2.75) is 12.5 Å². The first-order chi connectivity index (χ1) is 11.0. The van der Waals surface area contributed by atoms with Crippen molar-refractivity contribution in [2.75, 3.05) is 6.54 Å². The summed E-state index contributed by atoms with van der Waals surface area (Å²) in [6.07, 6.45) is 1.58. The largest absolute Gasteiger partial charge is 0.354 e. The van der Waals surface area contributed by atoms with Crippen LogP contribution in [0.3, 0.4) is 0 Å². The van der Waals surface area contributed by atoms with Gasteiger partial charge in [-0.05, 0) is 18.2 Å². The van der Waals surface area contributed by atoms with Crippen LogP contribution in [-0.4, -0.2) is 34.4 Å². The standard InChI is InChI=1S/C15H12Cl2N4O2/c16-10-2-1-8(3-11(10)17)12-5-13(20-7-19-12)15(23)21-9-4-14(22)18-6-9/h1-3,5,7,9H,4,6H2,(H,18,22)(H,21,23). The van der Waals surface area contributed by atoms with Crippen molar-refractivity contribution < 1.29 is 9.59 Å². The smallest absolute Gasteiger partial charge is 0.270 e. The van der Waals surface area contributed by atoms with Gasteiger partial charge in [-0.25, -0.2) is 9.97 Å². The van der Waals surface area contributed by atoms with Crippen LogP contribution < -0.4 is 10.6 Å². The number of rotatable bonds is 3. The Balaban J connectivity index is 1.80. The topological polar surface area (TPSA) is 84.0 Å². The second-order valence-electron chi connectivity index (χ2n) is 5.10. The fraction of sp³-hybridized carbons (Fsp3) is 0.200. The molecule has 2 aromatic rings. The maximum absolute atomic E-state index is 12.2. The first-order valence-corrected chi connectivity index (χ1v) is 7.63. The minimum atomic E-state index is -0.352. The molecular formula is C15H12Cl2N4O2. The number of hydrogen-bond acceptors (Lipinski definition) is 4. The van der Waals surface area contributed by atoms with Crippen LogP contribution in [0.25, 0.3) is 11.3 Å². The summed E-state index contributed by atoms with van der Waals surface area (Å²) in [6.45, 7) is 0.426. The van der Waals surface area contributed by atoms with Crippen LogP contribution in [0.2, 0.25) is 10.0 Å². The SMILES string of the molecule is O=C1CC(NC(=O)c2cc(-c3ccc(Cl)c(Cl)c3)ncn2)CN1. The molecule has 1 unspecified atom stereocenters. The van der Waals surface area contributed by atoms with E-state index in [1.54, 1.807) is 24.3 Å². The lowest BCUT2D eigenvalue weighted by atomic mass is 10.1. The number of halogens is 2. The quantitative estimate of drug-likeness (QED) is 0.887. The number of benzene rings is 1. The van der Waals surface area contributed by atoms with Gasteiger partial charge in [-0.1, -0.05) is 29.3 Å². The lowest BCUT2D eigenvalue weighted by molar-refractivity contribution is -0.119. The Labute approximate surface area is 142 Å². The van der Waals surface area contributed by atoms with E-state index in [4.69, 9.17) is 23.2 Å². The molecule has 1 aromatic carbocycles. The van der Waals surface area contributed by atoms with Crippen molar-refractivity contribution >= 4 is 35.0 Å². The molecule has 3 rings (SSSR count). The summed E-state index contributed by atoms with van der Waals surface area (Å²) in [4.78, 5) is 31.5. The first kappa shape index (κ1) is 15.7. The Morgan fingerprint density at radius 1 is 1.22 bits per heavy atom. The van der Waals surface area contributed by atoms with Gasteiger partial charge in [0.1, 0.15) is 12.0 Å². The van der Waals surface area contributed by atoms with Gasteiger partial charge in [0.2, 0.25) is 5.91 Å². The summed E-state index contributed by atoms with van der Waals surface area (Å²) < 4.78 is 0. The van der Waals surface area contributed by atoms with E-state index in [2.05, 4.69) is 20.6 Å². The Kier molecular flexibility index (Phi) is 4.45. The van der Waals surface area contributed by atoms with Gasteiger partial charge in [0.15, 0.2) is 0 Å². The molecule has 0 bridgehead atoms. The van der Waals surface area contributed by atoms with Crippen molar-refractivity contribution in [2.24, 2.45) is 0 Å². The average Bonchev–Trinajstić information content (AvgIpc) is 2.95. The Morgan fingerprint density at radius 3 is 2.74 bits per heavy atom. The second-order valence-corrected chi connectivity index (χ2v) is 5.91. The van der Waals surface area contributed by atoms with E-state index in [0.29, 0.717) is 22.3 Å². The number of amides is 2. The third kappa shape index (κ3) is 3.60. The van der Waals surface area contributed by atoms with Gasteiger partial charge in [-0.2, -0.15) is 0 Å². The van der Waals surface area contributed by atoms with Crippen LogP contribution in [0, 0.1) is 0 Å². The molecule has 0 radical (unpaired) electrons. The molecule has 0 aliphatic carbocycles. The van der Waals surface area contributed by atoms with Crippen molar-refractivity contribution in [3.8, 4) is 11.3 Å². The first-order valence-electron chi connectivity index (χ1n) is 6.88. The number of nitrogens with zero attached hydrogens (tertiary/aromatic N) is 2. The van der Waals surface area contributed by atoms with E-state index >= 15 is 0 Å². The summed E-state index contributed by atoms with van der Waals surface area (Å²) in [7, 11) is 0. The van der Waals surface area contributed by atoms with E-state index in [9.17, 15) is 9.59 Å². The van der Waals surface area contributed by atoms with Gasteiger partial charge >= 0.3 is 0 Å². The molecule has 2 heterocycles. The number of aromatic nitrogens is 2. The van der Waals surface area contributed by atoms with Crippen LogP contribution in [-0.2, 0) is 4.79 Å². The van der Waals surface area contributed by atoms with Gasteiger partial charge < -0.3 is 10.6 Å². The molecule has 1 aliphatic heterocycles. The molecule has 1 atom stereocenters. The number of nitrogens with one attached hydrogen (secondary N) is 2. The van der Waals surface area contributed by atoms with Gasteiger partial charge in [0.05, 0.1) is 21.8 Å². The average molecular weight is 351 g/mol. The summed E-state index contributed by atoms with van der Waals surface area (Å²) >= 11 is 11.9. The molecular weight excluding hydrogens is 339 g/mol. The van der Waals surface area contributed by atoms with Crippen LogP contribution in [0.15, 0.2) is 30.6 Å². The van der Waals surface area contributed by atoms with E-state index in [0.717, 1.165) is 5.56 Å². The third-order valence-corrected chi connectivity index (χ3v) is 4.17. The number of carbonyl (C=O) groups excluding carboxylic acids is 2. The zero-order chi connectivity index (χ0) is 16.4. The van der Waals surface area contributed by atoms with Crippen LogP contribution >= 0.6 is 23.2 Å². The molecule has 1 aromatic heterocycles. The highest BCUT2D eigenvalue weighted by molar-refractivity contribution is 6.42. The van der Waals surface area contributed by atoms with E-state index in [1.807, 2.05) is 0 Å². The highest BCUT2D eigenvalue weighted by Crippen LogP contribution is 2.27. The van der Waals surface area contributed by atoms with Gasteiger partial charge in [0, 0.05) is 18.5 Å². The van der Waals surface area contributed by atoms with E-state index in [1.165, 1.54) is 6.33 Å². The lowest BCUT2D eigenvalue weighted by Gasteiger charge is -2.10. The summed E-state index contributed by atoms with van der Waals surface area (Å²) in [6, 6.07) is 6.44. The zero-order valence-corrected chi connectivity index (χ0v) is 13.4. The van der Waals surface area contributed by atoms with Crippen molar-refractivity contribution in [3.05, 3.63) is 46.3 Å². The third-order valence-electron chi connectivity index (χ3n) is 3.43. The molecule has 2 N–H and O–H groups in total. The summed E-state index contributed by atoms with van der Waals surface area (Å²) in [5, 5.41) is 6.28. The molecule has 8 heteroatoms. The molecule has 0 saturated carbocycles. The van der Waals surface area contributed by atoms with Crippen molar-refractivity contribution in [1.82, 2.24) is 20.6 Å². The normalized spacial score (nSPS) is 17.0. The van der Waals surface area contributed by atoms with Gasteiger partial charge in [-0.15, -0.1) is 0 Å². The molecule has 0 spiro atoms. The van der Waals surface area contributed by atoms with Crippen LogP contribution in [0.4, 0.5) is 0 Å². The molecule has 2 amide bonds. The molecule has 1 aliphatic rings. The maximum atomic E-state index is 12.2. The van der Waals surface area contributed by atoms with Crippen LogP contribution in [0.1, 0.15) is 16.9 Å². The van der Waals surface area contributed by atoms with Gasteiger partial charge in [-0.3, -0.25) is 9.59 Å². The summed E-state index contributed by atoms with van der Waals surface area (Å²) in [5.74, 6) is -0.426. The molecule has 1 saturated heterocycles. The highest BCUT2D eigenvalue weighted by Gasteiger charge is 2.23. The number of hydrogen-bond donors (Lipinski definition) is 2. The fourth-order valence-electron chi connectivity index (χ4n) is 2.26. The van der Waals surface area contributed by atoms with Crippen molar-refractivity contribution in [1.29, 1.82) is 0 Å². The highest BCUT2D eigenvalue weighted by atomic mass is 35.5. The predicted octanol–water partition coefficient (Wildman–Crippen LogP) is 2.07. The second kappa shape index (κ2) is 6.52.